The molecule has 1 fully saturated rings. The van der Waals surface area contributed by atoms with E-state index in [1.54, 1.807) is 34.7 Å². The first-order chi connectivity index (χ1) is 15.2. The highest BCUT2D eigenvalue weighted by Gasteiger charge is 2.33. The third-order valence-corrected chi connectivity index (χ3v) is 8.99. The topological polar surface area (TPSA) is 79.7 Å². The number of rotatable bonds is 5. The first-order valence-electron chi connectivity index (χ1n) is 10.7. The highest BCUT2D eigenvalue weighted by atomic mass is 32.2. The van der Waals surface area contributed by atoms with Gasteiger partial charge in [0, 0.05) is 38.3 Å². The van der Waals surface area contributed by atoms with Crippen molar-refractivity contribution >= 4 is 43.2 Å². The molecule has 0 N–H and O–H groups in total. The van der Waals surface area contributed by atoms with E-state index < -0.39 is 10.0 Å². The van der Waals surface area contributed by atoms with Crippen LogP contribution < -0.4 is 9.77 Å². The number of carbonyl (C=O) groups excluding carboxylic acids is 1. The number of piperidine rings is 1. The Morgan fingerprint density at radius 2 is 1.78 bits per heavy atom. The van der Waals surface area contributed by atoms with Gasteiger partial charge in [-0.1, -0.05) is 29.0 Å². The van der Waals surface area contributed by atoms with Crippen LogP contribution in [0, 0.1) is 12.8 Å². The maximum Gasteiger partial charge on any atom is 0.308 e. The molecule has 0 saturated carbocycles. The molecule has 0 aliphatic carbocycles. The van der Waals surface area contributed by atoms with Crippen LogP contribution in [0.4, 0.5) is 5.69 Å². The molecule has 2 aromatic carbocycles. The van der Waals surface area contributed by atoms with Crippen molar-refractivity contribution in [2.75, 3.05) is 25.0 Å². The summed E-state index contributed by atoms with van der Waals surface area (Å²) < 4.78 is 30.2. The lowest BCUT2D eigenvalue weighted by Crippen LogP contribution is -2.43. The van der Waals surface area contributed by atoms with Crippen molar-refractivity contribution in [1.29, 1.82) is 0 Å². The van der Waals surface area contributed by atoms with Crippen molar-refractivity contribution in [2.24, 2.45) is 5.92 Å². The Labute approximate surface area is 191 Å². The molecular weight excluding hydrogens is 446 g/mol. The molecule has 0 radical (unpaired) electrons. The summed E-state index contributed by atoms with van der Waals surface area (Å²) >= 11 is 1.06. The van der Waals surface area contributed by atoms with E-state index in [-0.39, 0.29) is 21.6 Å². The molecule has 1 aliphatic rings. The van der Waals surface area contributed by atoms with E-state index in [0.29, 0.717) is 37.2 Å². The molecule has 9 heteroatoms. The van der Waals surface area contributed by atoms with Crippen LogP contribution in [0.5, 0.6) is 0 Å². The highest BCUT2D eigenvalue weighted by Crippen LogP contribution is 2.28. The van der Waals surface area contributed by atoms with E-state index >= 15 is 0 Å². The maximum atomic E-state index is 13.2. The number of nitrogens with zero attached hydrogens (tertiary/aromatic N) is 3. The summed E-state index contributed by atoms with van der Waals surface area (Å²) in [5, 5.41) is 0. The second-order valence-electron chi connectivity index (χ2n) is 8.15. The molecule has 4 rings (SSSR count). The van der Waals surface area contributed by atoms with Crippen LogP contribution in [0.1, 0.15) is 25.3 Å². The molecule has 0 bridgehead atoms. The van der Waals surface area contributed by atoms with Gasteiger partial charge in [0.15, 0.2) is 0 Å². The molecule has 0 unspecified atom stereocenters. The SMILES string of the molecule is CCn1c(=O)sc2cc(S(=O)(=O)N3CCC(C(=O)N(C)c4ccc(C)cc4)CC3)ccc21. The standard InChI is InChI=1S/C23H27N3O4S2/c1-4-26-20-10-9-19(15-21(20)31-23(26)28)32(29,30)25-13-11-17(12-14-25)22(27)24(3)18-7-5-16(2)6-8-18/h5-10,15,17H,4,11-14H2,1-3H3. The molecule has 0 atom stereocenters. The molecule has 0 spiro atoms. The van der Waals surface area contributed by atoms with Gasteiger partial charge < -0.3 is 4.90 Å². The van der Waals surface area contributed by atoms with Crippen LogP contribution in [-0.4, -0.2) is 43.3 Å². The van der Waals surface area contributed by atoms with Gasteiger partial charge in [-0.15, -0.1) is 0 Å². The van der Waals surface area contributed by atoms with Crippen LogP contribution in [0.15, 0.2) is 52.2 Å². The molecule has 170 valence electrons. The quantitative estimate of drug-likeness (QED) is 0.569. The predicted octanol–water partition coefficient (Wildman–Crippen LogP) is 3.46. The Morgan fingerprint density at radius 1 is 1.12 bits per heavy atom. The number of hydrogen-bond acceptors (Lipinski definition) is 5. The fourth-order valence-electron chi connectivity index (χ4n) is 4.17. The summed E-state index contributed by atoms with van der Waals surface area (Å²) in [6.45, 7) is 5.03. The average Bonchev–Trinajstić information content (AvgIpc) is 3.12. The van der Waals surface area contributed by atoms with Crippen LogP contribution in [0.2, 0.25) is 0 Å². The van der Waals surface area contributed by atoms with Crippen LogP contribution in [-0.2, 0) is 21.4 Å². The number of hydrogen-bond donors (Lipinski definition) is 0. The zero-order valence-electron chi connectivity index (χ0n) is 18.4. The highest BCUT2D eigenvalue weighted by molar-refractivity contribution is 7.89. The fraction of sp³-hybridized carbons (Fsp3) is 0.391. The van der Waals surface area contributed by atoms with Gasteiger partial charge in [0.2, 0.25) is 15.9 Å². The minimum atomic E-state index is -3.69. The van der Waals surface area contributed by atoms with Crippen LogP contribution >= 0.6 is 11.3 Å². The maximum absolute atomic E-state index is 13.2. The van der Waals surface area contributed by atoms with Crippen LogP contribution in [0.3, 0.4) is 0 Å². The number of thiazole rings is 1. The number of aryl methyl sites for hydroxylation is 2. The second-order valence-corrected chi connectivity index (χ2v) is 11.1. The van der Waals surface area contributed by atoms with Crippen molar-refractivity contribution < 1.29 is 13.2 Å². The van der Waals surface area contributed by atoms with Crippen molar-refractivity contribution in [1.82, 2.24) is 8.87 Å². The molecule has 3 aromatic rings. The normalized spacial score (nSPS) is 15.8. The lowest BCUT2D eigenvalue weighted by Gasteiger charge is -2.32. The molecule has 2 heterocycles. The minimum absolute atomic E-state index is 0.0120. The fourth-order valence-corrected chi connectivity index (χ4v) is 6.73. The zero-order chi connectivity index (χ0) is 23.0. The van der Waals surface area contributed by atoms with E-state index in [1.165, 1.54) is 4.31 Å². The molecule has 32 heavy (non-hydrogen) atoms. The molecule has 7 nitrogen and oxygen atoms in total. The van der Waals surface area contributed by atoms with Crippen molar-refractivity contribution in [3.8, 4) is 0 Å². The summed E-state index contributed by atoms with van der Waals surface area (Å²) in [6.07, 6.45) is 0.964. The van der Waals surface area contributed by atoms with E-state index in [2.05, 4.69) is 0 Å². The second kappa shape index (κ2) is 8.80. The van der Waals surface area contributed by atoms with Gasteiger partial charge in [0.25, 0.3) is 0 Å². The molecule has 1 aromatic heterocycles. The third-order valence-electron chi connectivity index (χ3n) is 6.15. The first-order valence-corrected chi connectivity index (χ1v) is 13.0. The van der Waals surface area contributed by atoms with Crippen molar-refractivity contribution in [3.05, 3.63) is 57.7 Å². The van der Waals surface area contributed by atoms with Gasteiger partial charge in [-0.3, -0.25) is 14.2 Å². The van der Waals surface area contributed by atoms with E-state index in [4.69, 9.17) is 0 Å². The van der Waals surface area contributed by atoms with E-state index in [1.807, 2.05) is 38.1 Å². The number of aromatic nitrogens is 1. The summed E-state index contributed by atoms with van der Waals surface area (Å²) in [6, 6.07) is 12.6. The van der Waals surface area contributed by atoms with Gasteiger partial charge >= 0.3 is 4.87 Å². The summed E-state index contributed by atoms with van der Waals surface area (Å²) in [4.78, 5) is 26.8. The Kier molecular flexibility index (Phi) is 6.24. The van der Waals surface area contributed by atoms with Crippen molar-refractivity contribution in [3.63, 3.8) is 0 Å². The largest absolute Gasteiger partial charge is 0.315 e. The van der Waals surface area contributed by atoms with Crippen molar-refractivity contribution in [2.45, 2.75) is 38.1 Å². The molecular formula is C23H27N3O4S2. The zero-order valence-corrected chi connectivity index (χ0v) is 20.1. The number of sulfonamides is 1. The smallest absolute Gasteiger partial charge is 0.308 e. The lowest BCUT2D eigenvalue weighted by atomic mass is 9.96. The average molecular weight is 474 g/mol. The monoisotopic (exact) mass is 473 g/mol. The molecule has 1 aliphatic heterocycles. The summed E-state index contributed by atoms with van der Waals surface area (Å²) in [7, 11) is -1.92. The molecule has 1 amide bonds. The van der Waals surface area contributed by atoms with Gasteiger partial charge in [0.05, 0.1) is 15.1 Å². The number of anilines is 1. The number of carbonyl (C=O) groups is 1. The van der Waals surface area contributed by atoms with Crippen LogP contribution in [0.25, 0.3) is 10.2 Å². The van der Waals surface area contributed by atoms with Gasteiger partial charge in [-0.25, -0.2) is 8.42 Å². The Balaban J connectivity index is 1.47. The summed E-state index contributed by atoms with van der Waals surface area (Å²) in [5.74, 6) is -0.197. The molecule has 1 saturated heterocycles. The Bertz CT molecular complexity index is 1300. The number of fused-ring (bicyclic) bond motifs is 1. The first kappa shape index (κ1) is 22.7. The minimum Gasteiger partial charge on any atom is -0.315 e. The summed E-state index contributed by atoms with van der Waals surface area (Å²) in [5.41, 5.74) is 2.72. The number of benzene rings is 2. The van der Waals surface area contributed by atoms with E-state index in [0.717, 1.165) is 28.1 Å². The van der Waals surface area contributed by atoms with Gasteiger partial charge in [-0.05, 0) is 57.0 Å². The number of amides is 1. The van der Waals surface area contributed by atoms with Gasteiger partial charge in [0.1, 0.15) is 0 Å². The van der Waals surface area contributed by atoms with Gasteiger partial charge in [-0.2, -0.15) is 4.31 Å². The van der Waals surface area contributed by atoms with E-state index in [9.17, 15) is 18.0 Å². The lowest BCUT2D eigenvalue weighted by molar-refractivity contribution is -0.123. The predicted molar refractivity (Wildman–Crippen MR) is 128 cm³/mol. The Morgan fingerprint density at radius 3 is 2.41 bits per heavy atom. The third kappa shape index (κ3) is 4.12. The Hall–Kier alpha value is -2.49.